The largest absolute Gasteiger partial charge is 0.490 e. The van der Waals surface area contributed by atoms with Crippen molar-refractivity contribution < 1.29 is 4.74 Å². The molecule has 1 aliphatic carbocycles. The van der Waals surface area contributed by atoms with E-state index in [0.717, 1.165) is 12.2 Å². The fraction of sp³-hybridized carbons (Fsp3) is 0.667. The van der Waals surface area contributed by atoms with E-state index in [0.29, 0.717) is 23.5 Å². The highest BCUT2D eigenvalue weighted by Crippen LogP contribution is 2.34. The lowest BCUT2D eigenvalue weighted by molar-refractivity contribution is 0.226. The summed E-state index contributed by atoms with van der Waals surface area (Å²) >= 11 is 0. The maximum absolute atomic E-state index is 5.81. The van der Waals surface area contributed by atoms with Crippen LogP contribution in [0.3, 0.4) is 0 Å². The van der Waals surface area contributed by atoms with Crippen LogP contribution in [-0.4, -0.2) is 13.2 Å². The summed E-state index contributed by atoms with van der Waals surface area (Å²) in [4.78, 5) is 0. The third kappa shape index (κ3) is 4.24. The SMILES string of the molecule is CNC(CC(C)C(C)(C)C)c1ccc(OC2CC2)cc1. The van der Waals surface area contributed by atoms with Crippen molar-refractivity contribution in [2.24, 2.45) is 11.3 Å². The van der Waals surface area contributed by atoms with Crippen LogP contribution in [0, 0.1) is 11.3 Å². The highest BCUT2D eigenvalue weighted by molar-refractivity contribution is 5.29. The van der Waals surface area contributed by atoms with Crippen LogP contribution in [0.5, 0.6) is 5.75 Å². The van der Waals surface area contributed by atoms with E-state index in [9.17, 15) is 0 Å². The standard InChI is InChI=1S/C18H29NO/c1-13(18(2,3)4)12-17(19-5)14-6-8-15(9-7-14)20-16-10-11-16/h6-9,13,16-17,19H,10-12H2,1-5H3. The van der Waals surface area contributed by atoms with Crippen LogP contribution < -0.4 is 10.1 Å². The van der Waals surface area contributed by atoms with E-state index in [1.54, 1.807) is 0 Å². The van der Waals surface area contributed by atoms with Gasteiger partial charge >= 0.3 is 0 Å². The van der Waals surface area contributed by atoms with Crippen molar-refractivity contribution in [1.29, 1.82) is 0 Å². The molecule has 0 amide bonds. The predicted octanol–water partition coefficient (Wildman–Crippen LogP) is 4.56. The summed E-state index contributed by atoms with van der Waals surface area (Å²) in [6.07, 6.45) is 4.05. The third-order valence-corrected chi connectivity index (χ3v) is 4.53. The highest BCUT2D eigenvalue weighted by Gasteiger charge is 2.25. The number of hydrogen-bond acceptors (Lipinski definition) is 2. The first-order valence-electron chi connectivity index (χ1n) is 7.84. The van der Waals surface area contributed by atoms with Gasteiger partial charge in [0.1, 0.15) is 5.75 Å². The lowest BCUT2D eigenvalue weighted by Crippen LogP contribution is -2.25. The third-order valence-electron chi connectivity index (χ3n) is 4.53. The number of hydrogen-bond donors (Lipinski definition) is 1. The molecule has 0 bridgehead atoms. The quantitative estimate of drug-likeness (QED) is 0.821. The molecule has 1 aromatic rings. The van der Waals surface area contributed by atoms with Crippen molar-refractivity contribution in [3.05, 3.63) is 29.8 Å². The number of rotatable bonds is 6. The van der Waals surface area contributed by atoms with E-state index < -0.39 is 0 Å². The Morgan fingerprint density at radius 2 is 1.80 bits per heavy atom. The Kier molecular flexibility index (Phi) is 4.74. The van der Waals surface area contributed by atoms with Gasteiger partial charge in [-0.05, 0) is 55.3 Å². The molecule has 112 valence electrons. The fourth-order valence-electron chi connectivity index (χ4n) is 2.28. The molecular weight excluding hydrogens is 246 g/mol. The average molecular weight is 275 g/mol. The minimum absolute atomic E-state index is 0.351. The van der Waals surface area contributed by atoms with Crippen LogP contribution in [0.25, 0.3) is 0 Å². The zero-order valence-corrected chi connectivity index (χ0v) is 13.6. The number of nitrogens with one attached hydrogen (secondary N) is 1. The summed E-state index contributed by atoms with van der Waals surface area (Å²) in [6.45, 7) is 9.29. The summed E-state index contributed by atoms with van der Waals surface area (Å²) in [5.74, 6) is 1.68. The topological polar surface area (TPSA) is 21.3 Å². The maximum atomic E-state index is 5.81. The summed E-state index contributed by atoms with van der Waals surface area (Å²) in [5.41, 5.74) is 1.70. The number of ether oxygens (including phenoxy) is 1. The first-order valence-corrected chi connectivity index (χ1v) is 7.84. The van der Waals surface area contributed by atoms with Crippen LogP contribution in [0.15, 0.2) is 24.3 Å². The van der Waals surface area contributed by atoms with E-state index in [-0.39, 0.29) is 0 Å². The molecule has 0 aliphatic heterocycles. The van der Waals surface area contributed by atoms with Gasteiger partial charge < -0.3 is 10.1 Å². The second-order valence-corrected chi connectivity index (χ2v) is 7.23. The summed E-state index contributed by atoms with van der Waals surface area (Å²) in [7, 11) is 2.05. The van der Waals surface area contributed by atoms with Crippen molar-refractivity contribution >= 4 is 0 Å². The lowest BCUT2D eigenvalue weighted by Gasteiger charge is -2.31. The van der Waals surface area contributed by atoms with Crippen LogP contribution in [0.2, 0.25) is 0 Å². The van der Waals surface area contributed by atoms with Crippen molar-refractivity contribution in [2.45, 2.75) is 59.1 Å². The second-order valence-electron chi connectivity index (χ2n) is 7.23. The monoisotopic (exact) mass is 275 g/mol. The summed E-state index contributed by atoms with van der Waals surface area (Å²) in [5, 5.41) is 3.45. The molecule has 2 nitrogen and oxygen atoms in total. The molecule has 0 radical (unpaired) electrons. The Morgan fingerprint density at radius 3 is 2.25 bits per heavy atom. The smallest absolute Gasteiger partial charge is 0.119 e. The van der Waals surface area contributed by atoms with E-state index >= 15 is 0 Å². The van der Waals surface area contributed by atoms with Gasteiger partial charge in [-0.3, -0.25) is 0 Å². The predicted molar refractivity (Wildman–Crippen MR) is 85.1 cm³/mol. The van der Waals surface area contributed by atoms with Crippen LogP contribution in [0.1, 0.15) is 58.6 Å². The van der Waals surface area contributed by atoms with Crippen molar-refractivity contribution in [3.8, 4) is 5.75 Å². The van der Waals surface area contributed by atoms with E-state index in [2.05, 4.69) is 64.3 Å². The Morgan fingerprint density at radius 1 is 1.20 bits per heavy atom. The molecule has 1 N–H and O–H groups in total. The molecule has 0 aromatic heterocycles. The molecule has 0 saturated heterocycles. The van der Waals surface area contributed by atoms with Gasteiger partial charge in [0.15, 0.2) is 0 Å². The summed E-state index contributed by atoms with van der Waals surface area (Å²) in [6, 6.07) is 9.04. The molecule has 1 fully saturated rings. The van der Waals surface area contributed by atoms with Gasteiger partial charge in [-0.1, -0.05) is 39.8 Å². The molecule has 2 rings (SSSR count). The van der Waals surface area contributed by atoms with Gasteiger partial charge in [0, 0.05) is 6.04 Å². The normalized spacial score (nSPS) is 18.6. The zero-order chi connectivity index (χ0) is 14.8. The highest BCUT2D eigenvalue weighted by atomic mass is 16.5. The summed E-state index contributed by atoms with van der Waals surface area (Å²) < 4.78 is 5.81. The first kappa shape index (κ1) is 15.4. The van der Waals surface area contributed by atoms with Gasteiger partial charge in [-0.25, -0.2) is 0 Å². The maximum Gasteiger partial charge on any atom is 0.119 e. The molecule has 0 heterocycles. The lowest BCUT2D eigenvalue weighted by atomic mass is 9.77. The van der Waals surface area contributed by atoms with Gasteiger partial charge in [-0.15, -0.1) is 0 Å². The molecule has 2 unspecified atom stereocenters. The Balaban J connectivity index is 1.99. The van der Waals surface area contributed by atoms with E-state index in [4.69, 9.17) is 4.74 Å². The van der Waals surface area contributed by atoms with Crippen molar-refractivity contribution in [3.63, 3.8) is 0 Å². The molecular formula is C18H29NO. The van der Waals surface area contributed by atoms with Gasteiger partial charge in [0.2, 0.25) is 0 Å². The van der Waals surface area contributed by atoms with Crippen LogP contribution in [0.4, 0.5) is 0 Å². The molecule has 0 spiro atoms. The molecule has 20 heavy (non-hydrogen) atoms. The minimum atomic E-state index is 0.351. The molecule has 1 aliphatic rings. The van der Waals surface area contributed by atoms with Crippen molar-refractivity contribution in [1.82, 2.24) is 5.32 Å². The first-order chi connectivity index (χ1) is 9.40. The van der Waals surface area contributed by atoms with Gasteiger partial charge in [-0.2, -0.15) is 0 Å². The average Bonchev–Trinajstić information content (AvgIpc) is 3.19. The fourth-order valence-corrected chi connectivity index (χ4v) is 2.28. The second kappa shape index (κ2) is 6.17. The molecule has 1 aromatic carbocycles. The van der Waals surface area contributed by atoms with Gasteiger partial charge in [0.25, 0.3) is 0 Å². The van der Waals surface area contributed by atoms with E-state index in [1.165, 1.54) is 18.4 Å². The Bertz CT molecular complexity index is 414. The Labute approximate surface area is 123 Å². The molecule has 2 atom stereocenters. The van der Waals surface area contributed by atoms with Crippen molar-refractivity contribution in [2.75, 3.05) is 7.05 Å². The zero-order valence-electron chi connectivity index (χ0n) is 13.6. The van der Waals surface area contributed by atoms with Crippen LogP contribution >= 0.6 is 0 Å². The van der Waals surface area contributed by atoms with Crippen LogP contribution in [-0.2, 0) is 0 Å². The Hall–Kier alpha value is -1.02. The van der Waals surface area contributed by atoms with E-state index in [1.807, 2.05) is 0 Å². The molecule has 1 saturated carbocycles. The number of benzene rings is 1. The molecule has 2 heteroatoms. The van der Waals surface area contributed by atoms with Gasteiger partial charge in [0.05, 0.1) is 6.10 Å². The minimum Gasteiger partial charge on any atom is -0.490 e.